The zero-order valence-electron chi connectivity index (χ0n) is 11.1. The van der Waals surface area contributed by atoms with Gasteiger partial charge in [-0.3, -0.25) is 4.98 Å². The summed E-state index contributed by atoms with van der Waals surface area (Å²) in [6.07, 6.45) is 1.81. The van der Waals surface area contributed by atoms with Crippen LogP contribution in [0.25, 0.3) is 10.9 Å². The largest absolute Gasteiger partial charge is 0.399 e. The predicted molar refractivity (Wildman–Crippen MR) is 81.1 cm³/mol. The molecule has 0 saturated carbocycles. The van der Waals surface area contributed by atoms with Crippen molar-refractivity contribution in [3.63, 3.8) is 0 Å². The topological polar surface area (TPSA) is 48.1 Å². The van der Waals surface area contributed by atoms with E-state index in [4.69, 9.17) is 10.5 Å². The third-order valence-corrected chi connectivity index (χ3v) is 3.22. The molecule has 3 heteroatoms. The lowest BCUT2D eigenvalue weighted by molar-refractivity contribution is 0.108. The Labute approximate surface area is 118 Å². The van der Waals surface area contributed by atoms with Crippen LogP contribution >= 0.6 is 0 Å². The van der Waals surface area contributed by atoms with E-state index in [2.05, 4.69) is 23.2 Å². The number of pyridine rings is 1. The van der Waals surface area contributed by atoms with Crippen LogP contribution in [0.2, 0.25) is 0 Å². The molecule has 2 aromatic carbocycles. The Bertz CT molecular complexity index is 702. The van der Waals surface area contributed by atoms with Crippen molar-refractivity contribution in [1.29, 1.82) is 0 Å². The van der Waals surface area contributed by atoms with E-state index in [-0.39, 0.29) is 0 Å². The molecule has 0 fully saturated rings. The van der Waals surface area contributed by atoms with Crippen LogP contribution in [0.1, 0.15) is 11.1 Å². The molecule has 0 spiro atoms. The van der Waals surface area contributed by atoms with Gasteiger partial charge in [0, 0.05) is 22.8 Å². The summed E-state index contributed by atoms with van der Waals surface area (Å²) in [4.78, 5) is 4.42. The van der Waals surface area contributed by atoms with Crippen LogP contribution in [0, 0.1) is 0 Å². The maximum Gasteiger partial charge on any atom is 0.0757 e. The van der Waals surface area contributed by atoms with E-state index in [1.165, 1.54) is 0 Å². The van der Waals surface area contributed by atoms with Crippen LogP contribution < -0.4 is 5.73 Å². The first-order valence-corrected chi connectivity index (χ1v) is 6.58. The van der Waals surface area contributed by atoms with Crippen molar-refractivity contribution in [2.24, 2.45) is 0 Å². The molecule has 0 bridgehead atoms. The first-order chi connectivity index (χ1) is 9.83. The van der Waals surface area contributed by atoms with Crippen LogP contribution in [0.5, 0.6) is 0 Å². The van der Waals surface area contributed by atoms with E-state index in [0.29, 0.717) is 13.2 Å². The minimum atomic E-state index is 0.554. The molecule has 0 radical (unpaired) electrons. The molecule has 1 aromatic heterocycles. The Kier molecular flexibility index (Phi) is 3.61. The second kappa shape index (κ2) is 5.72. The minimum absolute atomic E-state index is 0.554. The van der Waals surface area contributed by atoms with E-state index in [9.17, 15) is 0 Å². The summed E-state index contributed by atoms with van der Waals surface area (Å²) in [7, 11) is 0. The molecule has 20 heavy (non-hydrogen) atoms. The Morgan fingerprint density at radius 2 is 1.70 bits per heavy atom. The van der Waals surface area contributed by atoms with Crippen LogP contribution in [0.15, 0.2) is 60.8 Å². The molecule has 0 amide bonds. The quantitative estimate of drug-likeness (QED) is 0.733. The number of nitrogens with two attached hydrogens (primary N) is 1. The number of ether oxygens (including phenoxy) is 1. The Hall–Kier alpha value is -2.39. The highest BCUT2D eigenvalue weighted by molar-refractivity contribution is 5.81. The lowest BCUT2D eigenvalue weighted by Crippen LogP contribution is -1.96. The number of para-hydroxylation sites is 1. The standard InChI is InChI=1S/C17H16N2O/c18-16-8-6-13(7-9-16)11-20-12-15-4-1-3-14-5-2-10-19-17(14)15/h1-10H,11-12,18H2. The molecule has 2 N–H and O–H groups in total. The van der Waals surface area contributed by atoms with Crippen LogP contribution in [-0.4, -0.2) is 4.98 Å². The van der Waals surface area contributed by atoms with Crippen molar-refractivity contribution in [3.8, 4) is 0 Å². The average Bonchev–Trinajstić information content (AvgIpc) is 2.49. The van der Waals surface area contributed by atoms with Gasteiger partial charge in [-0.25, -0.2) is 0 Å². The second-order valence-electron chi connectivity index (χ2n) is 4.73. The molecule has 1 heterocycles. The highest BCUT2D eigenvalue weighted by Crippen LogP contribution is 2.17. The first-order valence-electron chi connectivity index (χ1n) is 6.58. The van der Waals surface area contributed by atoms with Crippen LogP contribution in [-0.2, 0) is 18.0 Å². The minimum Gasteiger partial charge on any atom is -0.399 e. The normalized spacial score (nSPS) is 10.8. The summed E-state index contributed by atoms with van der Waals surface area (Å²) in [5.41, 5.74) is 9.66. The number of anilines is 1. The zero-order chi connectivity index (χ0) is 13.8. The van der Waals surface area contributed by atoms with Crippen molar-refractivity contribution in [2.45, 2.75) is 13.2 Å². The lowest BCUT2D eigenvalue weighted by atomic mass is 10.1. The third kappa shape index (κ3) is 2.78. The summed E-state index contributed by atoms with van der Waals surface area (Å²) in [6, 6.07) is 17.9. The number of fused-ring (bicyclic) bond motifs is 1. The highest BCUT2D eigenvalue weighted by atomic mass is 16.5. The molecule has 0 aliphatic carbocycles. The monoisotopic (exact) mass is 264 g/mol. The molecule has 3 rings (SSSR count). The van der Waals surface area contributed by atoms with Crippen molar-refractivity contribution in [1.82, 2.24) is 4.98 Å². The van der Waals surface area contributed by atoms with Gasteiger partial charge < -0.3 is 10.5 Å². The smallest absolute Gasteiger partial charge is 0.0757 e. The fraction of sp³-hybridized carbons (Fsp3) is 0.118. The molecular formula is C17H16N2O. The van der Waals surface area contributed by atoms with Gasteiger partial charge >= 0.3 is 0 Å². The number of nitrogen functional groups attached to an aromatic ring is 1. The highest BCUT2D eigenvalue weighted by Gasteiger charge is 2.02. The number of benzene rings is 2. The van der Waals surface area contributed by atoms with Gasteiger partial charge in [0.05, 0.1) is 18.7 Å². The number of hydrogen-bond acceptors (Lipinski definition) is 3. The maximum atomic E-state index is 5.77. The molecule has 0 atom stereocenters. The lowest BCUT2D eigenvalue weighted by Gasteiger charge is -2.07. The number of aromatic nitrogens is 1. The Morgan fingerprint density at radius 1 is 0.900 bits per heavy atom. The van der Waals surface area contributed by atoms with E-state index < -0.39 is 0 Å². The molecule has 0 aliphatic rings. The van der Waals surface area contributed by atoms with Crippen LogP contribution in [0.4, 0.5) is 5.69 Å². The predicted octanol–water partition coefficient (Wildman–Crippen LogP) is 3.53. The molecule has 0 saturated heterocycles. The number of nitrogens with zero attached hydrogens (tertiary/aromatic N) is 1. The first kappa shape index (κ1) is 12.6. The summed E-state index contributed by atoms with van der Waals surface area (Å²) in [5, 5.41) is 1.14. The second-order valence-corrected chi connectivity index (χ2v) is 4.73. The maximum absolute atomic E-state index is 5.77. The summed E-state index contributed by atoms with van der Waals surface area (Å²) < 4.78 is 5.77. The van der Waals surface area contributed by atoms with E-state index >= 15 is 0 Å². The van der Waals surface area contributed by atoms with Gasteiger partial charge in [-0.15, -0.1) is 0 Å². The third-order valence-electron chi connectivity index (χ3n) is 3.22. The fourth-order valence-corrected chi connectivity index (χ4v) is 2.18. The van der Waals surface area contributed by atoms with Gasteiger partial charge in [0.15, 0.2) is 0 Å². The molecule has 3 nitrogen and oxygen atoms in total. The fourth-order valence-electron chi connectivity index (χ4n) is 2.18. The summed E-state index contributed by atoms with van der Waals surface area (Å²) in [5.74, 6) is 0. The van der Waals surface area contributed by atoms with Crippen molar-refractivity contribution in [2.75, 3.05) is 5.73 Å². The van der Waals surface area contributed by atoms with Crippen molar-refractivity contribution < 1.29 is 4.74 Å². The van der Waals surface area contributed by atoms with Gasteiger partial charge in [0.1, 0.15) is 0 Å². The SMILES string of the molecule is Nc1ccc(COCc2cccc3cccnc23)cc1. The van der Waals surface area contributed by atoms with Gasteiger partial charge in [0.25, 0.3) is 0 Å². The molecule has 3 aromatic rings. The van der Waals surface area contributed by atoms with Gasteiger partial charge in [-0.1, -0.05) is 36.4 Å². The molecule has 0 unspecified atom stereocenters. The Balaban J connectivity index is 1.69. The van der Waals surface area contributed by atoms with Gasteiger partial charge in [-0.2, -0.15) is 0 Å². The van der Waals surface area contributed by atoms with Gasteiger partial charge in [-0.05, 0) is 23.8 Å². The van der Waals surface area contributed by atoms with Crippen LogP contribution in [0.3, 0.4) is 0 Å². The average molecular weight is 264 g/mol. The molecular weight excluding hydrogens is 248 g/mol. The van der Waals surface area contributed by atoms with Crippen molar-refractivity contribution in [3.05, 3.63) is 71.9 Å². The zero-order valence-corrected chi connectivity index (χ0v) is 11.1. The number of rotatable bonds is 4. The van der Waals surface area contributed by atoms with Gasteiger partial charge in [0.2, 0.25) is 0 Å². The summed E-state index contributed by atoms with van der Waals surface area (Å²) >= 11 is 0. The van der Waals surface area contributed by atoms with E-state index in [1.54, 1.807) is 0 Å². The molecule has 0 aliphatic heterocycles. The number of hydrogen-bond donors (Lipinski definition) is 1. The van der Waals surface area contributed by atoms with E-state index in [0.717, 1.165) is 27.7 Å². The van der Waals surface area contributed by atoms with Crippen molar-refractivity contribution >= 4 is 16.6 Å². The molecule has 100 valence electrons. The van der Waals surface area contributed by atoms with E-state index in [1.807, 2.05) is 42.6 Å². The Morgan fingerprint density at radius 3 is 2.55 bits per heavy atom. The summed E-state index contributed by atoms with van der Waals surface area (Å²) in [6.45, 7) is 1.13.